The first-order valence-corrected chi connectivity index (χ1v) is 12.6. The van der Waals surface area contributed by atoms with Gasteiger partial charge in [0.25, 0.3) is 5.91 Å². The van der Waals surface area contributed by atoms with Gasteiger partial charge in [0, 0.05) is 44.0 Å². The molecule has 1 saturated heterocycles. The van der Waals surface area contributed by atoms with E-state index in [1.807, 2.05) is 36.1 Å². The molecule has 1 aliphatic rings. The first kappa shape index (κ1) is 24.0. The van der Waals surface area contributed by atoms with Crippen molar-refractivity contribution in [1.29, 1.82) is 0 Å². The monoisotopic (exact) mass is 481 g/mol. The number of hydrogen-bond donors (Lipinski definition) is 0. The number of nitrogens with zero attached hydrogens (tertiary/aromatic N) is 3. The van der Waals surface area contributed by atoms with Crippen LogP contribution in [0.15, 0.2) is 41.8 Å². The van der Waals surface area contributed by atoms with E-state index in [0.29, 0.717) is 38.5 Å². The Morgan fingerprint density at radius 3 is 2.65 bits per heavy atom. The third-order valence-electron chi connectivity index (χ3n) is 6.39. The van der Waals surface area contributed by atoms with Crippen molar-refractivity contribution in [3.8, 4) is 0 Å². The third kappa shape index (κ3) is 5.01. The van der Waals surface area contributed by atoms with Crippen LogP contribution in [0.25, 0.3) is 10.2 Å². The molecule has 0 saturated carbocycles. The molecule has 4 rings (SSSR count). The molecule has 1 atom stereocenters. The van der Waals surface area contributed by atoms with Crippen LogP contribution in [-0.4, -0.2) is 64.4 Å². The minimum absolute atomic E-state index is 0.0116. The third-order valence-corrected chi connectivity index (χ3v) is 7.35. The maximum Gasteiger partial charge on any atom is 0.306 e. The second-order valence-corrected chi connectivity index (χ2v) is 9.61. The van der Waals surface area contributed by atoms with Crippen molar-refractivity contribution in [1.82, 2.24) is 14.4 Å². The predicted octanol–water partition coefficient (Wildman–Crippen LogP) is 4.08. The highest BCUT2D eigenvalue weighted by Gasteiger charge is 2.31. The summed E-state index contributed by atoms with van der Waals surface area (Å²) in [4.78, 5) is 42.6. The summed E-state index contributed by atoms with van der Waals surface area (Å²) in [5.41, 5.74) is 3.06. The van der Waals surface area contributed by atoms with E-state index in [-0.39, 0.29) is 36.7 Å². The Morgan fingerprint density at radius 2 is 1.91 bits per heavy atom. The summed E-state index contributed by atoms with van der Waals surface area (Å²) in [7, 11) is 0. The van der Waals surface area contributed by atoms with Gasteiger partial charge in [-0.1, -0.05) is 24.3 Å². The Hall–Kier alpha value is -3.13. The fourth-order valence-electron chi connectivity index (χ4n) is 4.53. The zero-order chi connectivity index (χ0) is 24.2. The van der Waals surface area contributed by atoms with Gasteiger partial charge in [-0.25, -0.2) is 0 Å². The molecule has 1 aliphatic heterocycles. The van der Waals surface area contributed by atoms with Crippen LogP contribution >= 0.6 is 11.3 Å². The predicted molar refractivity (Wildman–Crippen MR) is 133 cm³/mol. The average molecular weight is 482 g/mol. The molecule has 7 nitrogen and oxygen atoms in total. The van der Waals surface area contributed by atoms with E-state index >= 15 is 0 Å². The highest BCUT2D eigenvalue weighted by atomic mass is 32.1. The Bertz CT molecular complexity index is 1200. The topological polar surface area (TPSA) is 71.9 Å². The quantitative estimate of drug-likeness (QED) is 0.477. The number of rotatable bonds is 7. The molecule has 3 heterocycles. The molecule has 180 valence electrons. The number of ether oxygens (including phenoxy) is 1. The van der Waals surface area contributed by atoms with Crippen molar-refractivity contribution in [3.63, 3.8) is 0 Å². The molecule has 1 unspecified atom stereocenters. The van der Waals surface area contributed by atoms with Crippen LogP contribution in [0.5, 0.6) is 0 Å². The minimum Gasteiger partial charge on any atom is -0.466 e. The van der Waals surface area contributed by atoms with Gasteiger partial charge in [-0.05, 0) is 49.4 Å². The molecule has 3 aromatic rings. The molecule has 0 bridgehead atoms. The summed E-state index contributed by atoms with van der Waals surface area (Å²) in [5, 5.41) is 3.12. The van der Waals surface area contributed by atoms with Crippen LogP contribution < -0.4 is 0 Å². The number of aromatic nitrogens is 1. The van der Waals surface area contributed by atoms with Crippen LogP contribution in [-0.2, 0) is 20.9 Å². The number of hydrogen-bond acceptors (Lipinski definition) is 5. The lowest BCUT2D eigenvalue weighted by atomic mass is 10.1. The number of aryl methyl sites for hydroxylation is 1. The Morgan fingerprint density at radius 1 is 1.12 bits per heavy atom. The van der Waals surface area contributed by atoms with Crippen molar-refractivity contribution >= 4 is 39.3 Å². The molecular weight excluding hydrogens is 450 g/mol. The molecule has 2 amide bonds. The first-order chi connectivity index (χ1) is 16.4. The summed E-state index contributed by atoms with van der Waals surface area (Å²) in [6.45, 7) is 8.14. The standard InChI is InChI=1S/C26H31N3O4S/c1-4-33-24(31)10-9-23(30)28-13-12-27(16-19(28)3)25(32)22-15-20-11-14-34-26(20)29(22)17-21-8-6-5-7-18(21)2/h5-8,11,14-15,19H,4,9-10,12-13,16-17H2,1-3H3. The molecule has 0 spiro atoms. The van der Waals surface area contributed by atoms with E-state index in [1.165, 1.54) is 11.1 Å². The van der Waals surface area contributed by atoms with Crippen LogP contribution in [0.1, 0.15) is 48.3 Å². The van der Waals surface area contributed by atoms with Crippen molar-refractivity contribution in [3.05, 3.63) is 58.6 Å². The van der Waals surface area contributed by atoms with E-state index in [1.54, 1.807) is 23.2 Å². The number of benzene rings is 1. The van der Waals surface area contributed by atoms with E-state index in [4.69, 9.17) is 4.74 Å². The van der Waals surface area contributed by atoms with Crippen LogP contribution in [0.3, 0.4) is 0 Å². The lowest BCUT2D eigenvalue weighted by Gasteiger charge is -2.40. The summed E-state index contributed by atoms with van der Waals surface area (Å²) in [5.74, 6) is -0.440. The lowest BCUT2D eigenvalue weighted by molar-refractivity contribution is -0.146. The van der Waals surface area contributed by atoms with E-state index in [2.05, 4.69) is 29.0 Å². The highest BCUT2D eigenvalue weighted by molar-refractivity contribution is 7.16. The normalized spacial score (nSPS) is 16.1. The largest absolute Gasteiger partial charge is 0.466 e. The van der Waals surface area contributed by atoms with Gasteiger partial charge in [0.1, 0.15) is 10.5 Å². The second-order valence-electron chi connectivity index (χ2n) is 8.72. The maximum absolute atomic E-state index is 13.6. The van der Waals surface area contributed by atoms with Crippen LogP contribution in [0.2, 0.25) is 0 Å². The summed E-state index contributed by atoms with van der Waals surface area (Å²) >= 11 is 1.64. The fraction of sp³-hybridized carbons (Fsp3) is 0.423. The van der Waals surface area contributed by atoms with Crippen molar-refractivity contribution in [2.45, 2.75) is 46.2 Å². The average Bonchev–Trinajstić information content (AvgIpc) is 3.41. The van der Waals surface area contributed by atoms with Gasteiger partial charge in [0.2, 0.25) is 5.91 Å². The smallest absolute Gasteiger partial charge is 0.306 e. The lowest BCUT2D eigenvalue weighted by Crippen LogP contribution is -2.55. The Balaban J connectivity index is 1.47. The molecule has 1 aromatic carbocycles. The highest BCUT2D eigenvalue weighted by Crippen LogP contribution is 2.28. The summed E-state index contributed by atoms with van der Waals surface area (Å²) in [6, 6.07) is 12.2. The summed E-state index contributed by atoms with van der Waals surface area (Å²) in [6.07, 6.45) is 0.217. The van der Waals surface area contributed by atoms with Crippen LogP contribution in [0.4, 0.5) is 0 Å². The minimum atomic E-state index is -0.355. The molecule has 8 heteroatoms. The van der Waals surface area contributed by atoms with Gasteiger partial charge < -0.3 is 19.1 Å². The molecular formula is C26H31N3O4S. The Kier molecular flexibility index (Phi) is 7.36. The zero-order valence-electron chi connectivity index (χ0n) is 20.0. The number of fused-ring (bicyclic) bond motifs is 1. The van der Waals surface area contributed by atoms with Crippen molar-refractivity contribution < 1.29 is 19.1 Å². The molecule has 0 N–H and O–H groups in total. The number of thiophene rings is 1. The number of piperazine rings is 1. The van der Waals surface area contributed by atoms with Crippen LogP contribution in [0, 0.1) is 6.92 Å². The van der Waals surface area contributed by atoms with Gasteiger partial charge in [-0.15, -0.1) is 11.3 Å². The fourth-order valence-corrected chi connectivity index (χ4v) is 5.42. The maximum atomic E-state index is 13.6. The molecule has 2 aromatic heterocycles. The van der Waals surface area contributed by atoms with Crippen molar-refractivity contribution in [2.75, 3.05) is 26.2 Å². The number of amides is 2. The first-order valence-electron chi connectivity index (χ1n) is 11.7. The van der Waals surface area contributed by atoms with Gasteiger partial charge in [-0.3, -0.25) is 14.4 Å². The second kappa shape index (κ2) is 10.4. The number of esters is 1. The molecule has 0 radical (unpaired) electrons. The SMILES string of the molecule is CCOC(=O)CCC(=O)N1CCN(C(=O)c2cc3ccsc3n2Cc2ccccc2C)CC1C. The number of carbonyl (C=O) groups is 3. The van der Waals surface area contributed by atoms with E-state index in [9.17, 15) is 14.4 Å². The van der Waals surface area contributed by atoms with E-state index < -0.39 is 0 Å². The summed E-state index contributed by atoms with van der Waals surface area (Å²) < 4.78 is 7.04. The van der Waals surface area contributed by atoms with Gasteiger partial charge in [0.15, 0.2) is 0 Å². The Labute approximate surface area is 203 Å². The number of carbonyl (C=O) groups excluding carboxylic acids is 3. The van der Waals surface area contributed by atoms with Gasteiger partial charge in [-0.2, -0.15) is 0 Å². The molecule has 0 aliphatic carbocycles. The van der Waals surface area contributed by atoms with Gasteiger partial charge >= 0.3 is 5.97 Å². The van der Waals surface area contributed by atoms with E-state index in [0.717, 1.165) is 10.2 Å². The molecule has 34 heavy (non-hydrogen) atoms. The van der Waals surface area contributed by atoms with Crippen molar-refractivity contribution in [2.24, 2.45) is 0 Å². The van der Waals surface area contributed by atoms with Gasteiger partial charge in [0.05, 0.1) is 13.0 Å². The molecule has 1 fully saturated rings. The zero-order valence-corrected chi connectivity index (χ0v) is 20.8.